The third-order valence-electron chi connectivity index (χ3n) is 2.34. The molecule has 0 fully saturated rings. The highest BCUT2D eigenvalue weighted by molar-refractivity contribution is 9.10. The highest BCUT2D eigenvalue weighted by Gasteiger charge is 2.11. The SMILES string of the molecule is CCC(O)c1cn(-c2ccccc2Br)nn1. The Labute approximate surface area is 102 Å². The molecule has 2 aromatic rings. The molecule has 4 nitrogen and oxygen atoms in total. The van der Waals surface area contributed by atoms with Gasteiger partial charge in [-0.1, -0.05) is 24.3 Å². The lowest BCUT2D eigenvalue weighted by Crippen LogP contribution is -1.96. The molecular formula is C11H12BrN3O. The number of benzene rings is 1. The summed E-state index contributed by atoms with van der Waals surface area (Å²) in [7, 11) is 0. The molecule has 0 bridgehead atoms. The van der Waals surface area contributed by atoms with Crippen LogP contribution in [0.15, 0.2) is 34.9 Å². The number of halogens is 1. The van der Waals surface area contributed by atoms with Crippen molar-refractivity contribution in [3.63, 3.8) is 0 Å². The summed E-state index contributed by atoms with van der Waals surface area (Å²) < 4.78 is 2.59. The monoisotopic (exact) mass is 281 g/mol. The van der Waals surface area contributed by atoms with Crippen LogP contribution in [-0.4, -0.2) is 20.1 Å². The topological polar surface area (TPSA) is 50.9 Å². The third-order valence-corrected chi connectivity index (χ3v) is 3.01. The second kappa shape index (κ2) is 4.76. The normalized spacial score (nSPS) is 12.7. The average Bonchev–Trinajstić information content (AvgIpc) is 2.78. The van der Waals surface area contributed by atoms with Crippen LogP contribution in [0.3, 0.4) is 0 Å². The zero-order valence-corrected chi connectivity index (χ0v) is 10.4. The van der Waals surface area contributed by atoms with E-state index >= 15 is 0 Å². The van der Waals surface area contributed by atoms with Gasteiger partial charge in [-0.25, -0.2) is 4.68 Å². The molecular weight excluding hydrogens is 270 g/mol. The summed E-state index contributed by atoms with van der Waals surface area (Å²) in [5.41, 5.74) is 1.50. The smallest absolute Gasteiger partial charge is 0.112 e. The van der Waals surface area contributed by atoms with Crippen LogP contribution in [0, 0.1) is 0 Å². The summed E-state index contributed by atoms with van der Waals surface area (Å²) in [6.45, 7) is 1.90. The van der Waals surface area contributed by atoms with E-state index in [4.69, 9.17) is 0 Å². The number of nitrogens with zero attached hydrogens (tertiary/aromatic N) is 3. The van der Waals surface area contributed by atoms with Gasteiger partial charge in [0, 0.05) is 4.47 Å². The van der Waals surface area contributed by atoms with Crippen molar-refractivity contribution in [3.05, 3.63) is 40.6 Å². The molecule has 1 N–H and O–H groups in total. The van der Waals surface area contributed by atoms with Crippen molar-refractivity contribution in [3.8, 4) is 5.69 Å². The first kappa shape index (κ1) is 11.3. The first-order chi connectivity index (χ1) is 7.72. The lowest BCUT2D eigenvalue weighted by atomic mass is 10.2. The van der Waals surface area contributed by atoms with Gasteiger partial charge in [-0.15, -0.1) is 5.10 Å². The minimum atomic E-state index is -0.545. The van der Waals surface area contributed by atoms with E-state index in [9.17, 15) is 5.11 Å². The zero-order chi connectivity index (χ0) is 11.5. The van der Waals surface area contributed by atoms with Crippen LogP contribution in [0.2, 0.25) is 0 Å². The van der Waals surface area contributed by atoms with Crippen molar-refractivity contribution >= 4 is 15.9 Å². The second-order valence-corrected chi connectivity index (χ2v) is 4.32. The summed E-state index contributed by atoms with van der Waals surface area (Å²) in [6, 6.07) is 7.73. The molecule has 0 aliphatic heterocycles. The van der Waals surface area contributed by atoms with Crippen LogP contribution < -0.4 is 0 Å². The van der Waals surface area contributed by atoms with Crippen LogP contribution in [0.1, 0.15) is 25.1 Å². The van der Waals surface area contributed by atoms with Gasteiger partial charge in [0.25, 0.3) is 0 Å². The lowest BCUT2D eigenvalue weighted by molar-refractivity contribution is 0.169. The van der Waals surface area contributed by atoms with Crippen molar-refractivity contribution in [1.29, 1.82) is 0 Å². The number of para-hydroxylation sites is 1. The van der Waals surface area contributed by atoms with Gasteiger partial charge in [-0.3, -0.25) is 0 Å². The van der Waals surface area contributed by atoms with E-state index in [-0.39, 0.29) is 0 Å². The molecule has 16 heavy (non-hydrogen) atoms. The van der Waals surface area contributed by atoms with Gasteiger partial charge >= 0.3 is 0 Å². The Morgan fingerprint density at radius 3 is 2.88 bits per heavy atom. The van der Waals surface area contributed by atoms with Crippen molar-refractivity contribution in [2.24, 2.45) is 0 Å². The van der Waals surface area contributed by atoms with E-state index in [1.165, 1.54) is 0 Å². The second-order valence-electron chi connectivity index (χ2n) is 3.46. The number of aliphatic hydroxyl groups excluding tert-OH is 1. The number of rotatable bonds is 3. The molecule has 1 unspecified atom stereocenters. The molecule has 84 valence electrons. The van der Waals surface area contributed by atoms with Crippen LogP contribution >= 0.6 is 15.9 Å². The fourth-order valence-electron chi connectivity index (χ4n) is 1.39. The molecule has 0 amide bonds. The highest BCUT2D eigenvalue weighted by Crippen LogP contribution is 2.21. The molecule has 0 aliphatic carbocycles. The number of hydrogen-bond acceptors (Lipinski definition) is 3. The standard InChI is InChI=1S/C11H12BrN3O/c1-2-11(16)9-7-15(14-13-9)10-6-4-3-5-8(10)12/h3-7,11,16H,2H2,1H3. The Morgan fingerprint density at radius 1 is 1.44 bits per heavy atom. The van der Waals surface area contributed by atoms with Crippen molar-refractivity contribution in [2.45, 2.75) is 19.4 Å². The number of hydrogen-bond donors (Lipinski definition) is 1. The first-order valence-corrected chi connectivity index (χ1v) is 5.87. The number of aromatic nitrogens is 3. The Morgan fingerprint density at radius 2 is 2.19 bits per heavy atom. The summed E-state index contributed by atoms with van der Waals surface area (Å²) >= 11 is 3.45. The summed E-state index contributed by atoms with van der Waals surface area (Å²) in [6.07, 6.45) is 1.83. The summed E-state index contributed by atoms with van der Waals surface area (Å²) in [5, 5.41) is 17.6. The molecule has 0 radical (unpaired) electrons. The lowest BCUT2D eigenvalue weighted by Gasteiger charge is -2.03. The van der Waals surface area contributed by atoms with Crippen LogP contribution in [0.4, 0.5) is 0 Å². The Kier molecular flexibility index (Phi) is 3.36. The molecule has 5 heteroatoms. The van der Waals surface area contributed by atoms with Gasteiger partial charge in [0.05, 0.1) is 18.0 Å². The minimum absolute atomic E-state index is 0.545. The van der Waals surface area contributed by atoms with Crippen LogP contribution in [0.25, 0.3) is 5.69 Å². The maximum atomic E-state index is 9.63. The van der Waals surface area contributed by atoms with Gasteiger partial charge in [-0.05, 0) is 34.5 Å². The average molecular weight is 282 g/mol. The molecule has 0 saturated heterocycles. The molecule has 1 heterocycles. The van der Waals surface area contributed by atoms with Gasteiger partial charge in [-0.2, -0.15) is 0 Å². The minimum Gasteiger partial charge on any atom is -0.387 e. The summed E-state index contributed by atoms with van der Waals surface area (Å²) in [5.74, 6) is 0. The molecule has 0 saturated carbocycles. The molecule has 1 aromatic heterocycles. The van der Waals surface area contributed by atoms with Crippen LogP contribution in [0.5, 0.6) is 0 Å². The van der Waals surface area contributed by atoms with E-state index in [1.54, 1.807) is 10.9 Å². The van der Waals surface area contributed by atoms with Gasteiger partial charge < -0.3 is 5.11 Å². The molecule has 1 atom stereocenters. The fourth-order valence-corrected chi connectivity index (χ4v) is 1.86. The molecule has 2 rings (SSSR count). The third kappa shape index (κ3) is 2.15. The maximum Gasteiger partial charge on any atom is 0.112 e. The van der Waals surface area contributed by atoms with Crippen molar-refractivity contribution < 1.29 is 5.11 Å². The highest BCUT2D eigenvalue weighted by atomic mass is 79.9. The van der Waals surface area contributed by atoms with E-state index < -0.39 is 6.10 Å². The predicted octanol–water partition coefficient (Wildman–Crippen LogP) is 2.47. The molecule has 0 aliphatic rings. The van der Waals surface area contributed by atoms with Gasteiger partial charge in [0.15, 0.2) is 0 Å². The van der Waals surface area contributed by atoms with Crippen molar-refractivity contribution in [2.75, 3.05) is 0 Å². The Hall–Kier alpha value is -1.20. The molecule has 1 aromatic carbocycles. The van der Waals surface area contributed by atoms with E-state index in [0.29, 0.717) is 12.1 Å². The van der Waals surface area contributed by atoms with Gasteiger partial charge in [0.2, 0.25) is 0 Å². The van der Waals surface area contributed by atoms with E-state index in [0.717, 1.165) is 10.2 Å². The van der Waals surface area contributed by atoms with E-state index in [2.05, 4.69) is 26.2 Å². The molecule has 0 spiro atoms. The van der Waals surface area contributed by atoms with Crippen molar-refractivity contribution in [1.82, 2.24) is 15.0 Å². The maximum absolute atomic E-state index is 9.63. The Balaban J connectivity index is 2.35. The first-order valence-electron chi connectivity index (χ1n) is 5.07. The van der Waals surface area contributed by atoms with Crippen LogP contribution in [-0.2, 0) is 0 Å². The zero-order valence-electron chi connectivity index (χ0n) is 8.84. The van der Waals surface area contributed by atoms with Gasteiger partial charge in [0.1, 0.15) is 5.69 Å². The van der Waals surface area contributed by atoms with E-state index in [1.807, 2.05) is 31.2 Å². The quantitative estimate of drug-likeness (QED) is 0.940. The number of aliphatic hydroxyl groups is 1. The fraction of sp³-hybridized carbons (Fsp3) is 0.273. The Bertz CT molecular complexity index is 484. The largest absolute Gasteiger partial charge is 0.387 e. The summed E-state index contributed by atoms with van der Waals surface area (Å²) in [4.78, 5) is 0. The predicted molar refractivity (Wildman–Crippen MR) is 64.3 cm³/mol.